The van der Waals surface area contributed by atoms with E-state index in [0.29, 0.717) is 29.6 Å². The highest BCUT2D eigenvalue weighted by molar-refractivity contribution is 5.55. The second-order valence-electron chi connectivity index (χ2n) is 5.88. The van der Waals surface area contributed by atoms with E-state index < -0.39 is 0 Å². The summed E-state index contributed by atoms with van der Waals surface area (Å²) in [6, 6.07) is 3.84. The van der Waals surface area contributed by atoms with Crippen LogP contribution < -0.4 is 24.3 Å². The molecule has 0 amide bonds. The van der Waals surface area contributed by atoms with Gasteiger partial charge in [-0.1, -0.05) is 20.8 Å². The Bertz CT molecular complexity index is 429. The molecule has 0 aliphatic rings. The third-order valence-corrected chi connectivity index (χ3v) is 3.45. The summed E-state index contributed by atoms with van der Waals surface area (Å²) in [6.45, 7) is 7.07. The molecule has 0 heterocycles. The van der Waals surface area contributed by atoms with E-state index >= 15 is 0 Å². The Kier molecular flexibility index (Phi) is 6.15. The average Bonchev–Trinajstić information content (AvgIpc) is 2.45. The van der Waals surface area contributed by atoms with E-state index in [1.54, 1.807) is 33.5 Å². The Labute approximate surface area is 127 Å². The van der Waals surface area contributed by atoms with Crippen LogP contribution in [0.5, 0.6) is 23.0 Å². The smallest absolute Gasteiger partial charge is 0.203 e. The van der Waals surface area contributed by atoms with Gasteiger partial charge >= 0.3 is 0 Å². The molecule has 120 valence electrons. The number of hydrogen-bond donors (Lipinski definition) is 1. The van der Waals surface area contributed by atoms with Crippen molar-refractivity contribution in [2.24, 2.45) is 5.41 Å². The fourth-order valence-corrected chi connectivity index (χ4v) is 2.09. The van der Waals surface area contributed by atoms with Crippen LogP contribution in [0.4, 0.5) is 0 Å². The second-order valence-corrected chi connectivity index (χ2v) is 5.88. The van der Waals surface area contributed by atoms with Crippen LogP contribution in [0, 0.1) is 5.41 Å². The molecule has 0 aromatic heterocycles. The first kappa shape index (κ1) is 17.4. The number of ether oxygens (including phenoxy) is 4. The molecule has 5 nitrogen and oxygen atoms in total. The predicted octanol–water partition coefficient (Wildman–Crippen LogP) is 2.73. The average molecular weight is 297 g/mol. The van der Waals surface area contributed by atoms with E-state index in [4.69, 9.17) is 18.9 Å². The van der Waals surface area contributed by atoms with Crippen molar-refractivity contribution in [1.29, 1.82) is 0 Å². The summed E-state index contributed by atoms with van der Waals surface area (Å²) in [4.78, 5) is 0. The van der Waals surface area contributed by atoms with Crippen LogP contribution >= 0.6 is 0 Å². The van der Waals surface area contributed by atoms with E-state index in [1.807, 2.05) is 7.05 Å². The molecule has 0 spiro atoms. The molecular formula is C16H27NO4. The summed E-state index contributed by atoms with van der Waals surface area (Å²) < 4.78 is 21.8. The van der Waals surface area contributed by atoms with Crippen molar-refractivity contribution in [3.63, 3.8) is 0 Å². The van der Waals surface area contributed by atoms with E-state index in [2.05, 4.69) is 26.1 Å². The van der Waals surface area contributed by atoms with Gasteiger partial charge in [0.2, 0.25) is 5.75 Å². The zero-order valence-corrected chi connectivity index (χ0v) is 14.1. The van der Waals surface area contributed by atoms with Crippen molar-refractivity contribution in [1.82, 2.24) is 5.32 Å². The zero-order chi connectivity index (χ0) is 16.0. The van der Waals surface area contributed by atoms with Gasteiger partial charge in [-0.05, 0) is 12.5 Å². The SMILES string of the molecule is CNC(COc1cc(OC)c(OC)c(OC)c1)C(C)(C)C. The molecule has 0 saturated carbocycles. The summed E-state index contributed by atoms with van der Waals surface area (Å²) in [5.41, 5.74) is 0.107. The van der Waals surface area contributed by atoms with Crippen LogP contribution in [0.25, 0.3) is 0 Å². The predicted molar refractivity (Wildman–Crippen MR) is 83.9 cm³/mol. The molecule has 5 heteroatoms. The van der Waals surface area contributed by atoms with Gasteiger partial charge in [0.05, 0.1) is 21.3 Å². The van der Waals surface area contributed by atoms with Crippen LogP contribution in [0.2, 0.25) is 0 Å². The largest absolute Gasteiger partial charge is 0.493 e. The van der Waals surface area contributed by atoms with Gasteiger partial charge in [0, 0.05) is 18.2 Å². The molecule has 0 fully saturated rings. The highest BCUT2D eigenvalue weighted by Crippen LogP contribution is 2.40. The maximum atomic E-state index is 5.89. The van der Waals surface area contributed by atoms with Gasteiger partial charge in [-0.3, -0.25) is 0 Å². The van der Waals surface area contributed by atoms with Gasteiger partial charge in [-0.25, -0.2) is 0 Å². The monoisotopic (exact) mass is 297 g/mol. The van der Waals surface area contributed by atoms with Crippen molar-refractivity contribution in [3.05, 3.63) is 12.1 Å². The molecule has 0 aliphatic carbocycles. The number of methoxy groups -OCH3 is 3. The second kappa shape index (κ2) is 7.41. The van der Waals surface area contributed by atoms with E-state index in [0.717, 1.165) is 0 Å². The van der Waals surface area contributed by atoms with E-state index in [9.17, 15) is 0 Å². The Morgan fingerprint density at radius 1 is 1.00 bits per heavy atom. The minimum absolute atomic E-state index is 0.107. The molecule has 0 aliphatic heterocycles. The van der Waals surface area contributed by atoms with Crippen molar-refractivity contribution in [2.75, 3.05) is 35.0 Å². The lowest BCUT2D eigenvalue weighted by molar-refractivity contribution is 0.180. The first-order chi connectivity index (χ1) is 9.87. The van der Waals surface area contributed by atoms with Crippen LogP contribution in [0.15, 0.2) is 12.1 Å². The molecule has 21 heavy (non-hydrogen) atoms. The van der Waals surface area contributed by atoms with Gasteiger partial charge in [0.1, 0.15) is 12.4 Å². The lowest BCUT2D eigenvalue weighted by Gasteiger charge is -2.30. The standard InChI is InChI=1S/C16H27NO4/c1-16(2,3)14(17-4)10-21-11-8-12(18-5)15(20-7)13(9-11)19-6/h8-9,14,17H,10H2,1-7H3. The summed E-state index contributed by atoms with van der Waals surface area (Å²) in [7, 11) is 6.70. The Hall–Kier alpha value is -1.62. The highest BCUT2D eigenvalue weighted by Gasteiger charge is 2.24. The maximum absolute atomic E-state index is 5.89. The van der Waals surface area contributed by atoms with Gasteiger partial charge < -0.3 is 24.3 Å². The Morgan fingerprint density at radius 2 is 1.52 bits per heavy atom. The van der Waals surface area contributed by atoms with Crippen molar-refractivity contribution in [2.45, 2.75) is 26.8 Å². The molecule has 1 aromatic rings. The minimum Gasteiger partial charge on any atom is -0.493 e. The third-order valence-electron chi connectivity index (χ3n) is 3.45. The lowest BCUT2D eigenvalue weighted by Crippen LogP contribution is -2.42. The highest BCUT2D eigenvalue weighted by atomic mass is 16.5. The molecule has 1 aromatic carbocycles. The van der Waals surface area contributed by atoms with Crippen molar-refractivity contribution in [3.8, 4) is 23.0 Å². The molecule has 1 rings (SSSR count). The Balaban J connectivity index is 2.94. The third kappa shape index (κ3) is 4.43. The molecule has 1 N–H and O–H groups in total. The van der Waals surface area contributed by atoms with Crippen LogP contribution in [-0.2, 0) is 0 Å². The topological polar surface area (TPSA) is 49.0 Å². The van der Waals surface area contributed by atoms with E-state index in [-0.39, 0.29) is 11.5 Å². The first-order valence-electron chi connectivity index (χ1n) is 6.97. The number of likely N-dealkylation sites (N-methyl/N-ethyl adjacent to an activating group) is 1. The first-order valence-corrected chi connectivity index (χ1v) is 6.97. The number of nitrogens with one attached hydrogen (secondary N) is 1. The quantitative estimate of drug-likeness (QED) is 0.838. The number of hydrogen-bond acceptors (Lipinski definition) is 5. The molecule has 1 unspecified atom stereocenters. The van der Waals surface area contributed by atoms with E-state index in [1.165, 1.54) is 0 Å². The fraction of sp³-hybridized carbons (Fsp3) is 0.625. The molecular weight excluding hydrogens is 270 g/mol. The molecule has 1 atom stereocenters. The maximum Gasteiger partial charge on any atom is 0.203 e. The van der Waals surface area contributed by atoms with Gasteiger partial charge in [0.15, 0.2) is 11.5 Å². The lowest BCUT2D eigenvalue weighted by atomic mass is 9.87. The van der Waals surface area contributed by atoms with Crippen LogP contribution in [-0.4, -0.2) is 41.0 Å². The summed E-state index contributed by atoms with van der Waals surface area (Å²) >= 11 is 0. The minimum atomic E-state index is 0.107. The van der Waals surface area contributed by atoms with Gasteiger partial charge in [0.25, 0.3) is 0 Å². The van der Waals surface area contributed by atoms with Gasteiger partial charge in [-0.15, -0.1) is 0 Å². The number of benzene rings is 1. The van der Waals surface area contributed by atoms with Gasteiger partial charge in [-0.2, -0.15) is 0 Å². The van der Waals surface area contributed by atoms with Crippen molar-refractivity contribution >= 4 is 0 Å². The molecule has 0 saturated heterocycles. The summed E-state index contributed by atoms with van der Waals surface area (Å²) in [5, 5.41) is 3.28. The fourth-order valence-electron chi connectivity index (χ4n) is 2.09. The number of rotatable bonds is 7. The Morgan fingerprint density at radius 3 is 1.86 bits per heavy atom. The van der Waals surface area contributed by atoms with Crippen LogP contribution in [0.1, 0.15) is 20.8 Å². The van der Waals surface area contributed by atoms with Crippen molar-refractivity contribution < 1.29 is 18.9 Å². The van der Waals surface area contributed by atoms with Crippen LogP contribution in [0.3, 0.4) is 0 Å². The molecule has 0 radical (unpaired) electrons. The molecule has 0 bridgehead atoms. The zero-order valence-electron chi connectivity index (χ0n) is 14.1. The normalized spacial score (nSPS) is 12.7. The summed E-state index contributed by atoms with van der Waals surface area (Å²) in [6.07, 6.45) is 0. The summed E-state index contributed by atoms with van der Waals surface area (Å²) in [5.74, 6) is 2.43.